The maximum Gasteiger partial charge on any atom is 0.0725 e. The fourth-order valence-corrected chi connectivity index (χ4v) is 10.2. The number of benzene rings is 4. The molecular weight excluding hydrogens is 500 g/mol. The molecule has 0 aliphatic heterocycles. The summed E-state index contributed by atoms with van der Waals surface area (Å²) in [6.45, 7) is 0. The largest absolute Gasteiger partial charge is 0.0725 e. The summed E-state index contributed by atoms with van der Waals surface area (Å²) in [5.74, 6) is 4.63. The first-order valence-electron chi connectivity index (χ1n) is 13.9. The molecule has 4 saturated carbocycles. The number of fused-ring (bicyclic) bond motifs is 10. The molecule has 0 nitrogen and oxygen atoms in total. The minimum absolute atomic E-state index is 0.232. The van der Waals surface area contributed by atoms with Gasteiger partial charge in [-0.25, -0.2) is 0 Å². The summed E-state index contributed by atoms with van der Waals surface area (Å²) in [5, 5.41) is 0. The molecule has 36 heavy (non-hydrogen) atoms. The molecule has 0 saturated heterocycles. The van der Waals surface area contributed by atoms with Crippen molar-refractivity contribution in [3.05, 3.63) is 117 Å². The molecule has 1 spiro atoms. The topological polar surface area (TPSA) is 0 Å². The summed E-state index contributed by atoms with van der Waals surface area (Å²) in [5.41, 5.74) is 12.8. The van der Waals surface area contributed by atoms with Crippen LogP contribution < -0.4 is 0 Å². The summed E-state index contributed by atoms with van der Waals surface area (Å²) < 4.78 is 1.16. The van der Waals surface area contributed by atoms with Gasteiger partial charge in [-0.3, -0.25) is 0 Å². The van der Waals surface area contributed by atoms with E-state index in [-0.39, 0.29) is 5.41 Å². The molecule has 0 aromatic heterocycles. The van der Waals surface area contributed by atoms with Gasteiger partial charge in [0.2, 0.25) is 0 Å². The molecule has 10 rings (SSSR count). The van der Waals surface area contributed by atoms with Gasteiger partial charge in [-0.05, 0) is 124 Å². The average molecular weight is 530 g/mol. The maximum atomic E-state index is 3.82. The quantitative estimate of drug-likeness (QED) is 0.199. The molecule has 4 bridgehead atoms. The molecule has 6 aliphatic carbocycles. The van der Waals surface area contributed by atoms with Gasteiger partial charge in [-0.2, -0.15) is 0 Å². The first-order chi connectivity index (χ1) is 17.7. The Morgan fingerprint density at radius 2 is 1.11 bits per heavy atom. The van der Waals surface area contributed by atoms with Crippen molar-refractivity contribution in [3.63, 3.8) is 0 Å². The first-order valence-corrected chi connectivity index (χ1v) is 14.7. The van der Waals surface area contributed by atoms with Crippen LogP contribution in [0.1, 0.15) is 65.8 Å². The van der Waals surface area contributed by atoms with Gasteiger partial charge in [-0.1, -0.05) is 88.7 Å². The van der Waals surface area contributed by atoms with Crippen LogP contribution in [0.4, 0.5) is 0 Å². The van der Waals surface area contributed by atoms with E-state index in [9.17, 15) is 0 Å². The summed E-state index contributed by atoms with van der Waals surface area (Å²) in [4.78, 5) is 0. The molecule has 4 aromatic carbocycles. The number of halogens is 1. The number of hydrogen-bond acceptors (Lipinski definition) is 0. The molecule has 6 aliphatic rings. The van der Waals surface area contributed by atoms with Gasteiger partial charge < -0.3 is 0 Å². The Morgan fingerprint density at radius 1 is 0.528 bits per heavy atom. The summed E-state index contributed by atoms with van der Waals surface area (Å²) in [6, 6.07) is 33.0. The first kappa shape index (κ1) is 20.4. The van der Waals surface area contributed by atoms with E-state index in [1.807, 2.05) is 0 Å². The van der Waals surface area contributed by atoms with Crippen molar-refractivity contribution >= 4 is 15.9 Å². The van der Waals surface area contributed by atoms with Crippen LogP contribution in [0.25, 0.3) is 22.3 Å². The van der Waals surface area contributed by atoms with Gasteiger partial charge in [0, 0.05) is 4.47 Å². The lowest BCUT2D eigenvalue weighted by Gasteiger charge is -2.54. The molecule has 4 fully saturated rings. The van der Waals surface area contributed by atoms with Crippen molar-refractivity contribution in [1.82, 2.24) is 0 Å². The third kappa shape index (κ3) is 2.42. The minimum atomic E-state index is -0.232. The third-order valence-electron chi connectivity index (χ3n) is 10.7. The van der Waals surface area contributed by atoms with Crippen molar-refractivity contribution in [2.45, 2.75) is 43.4 Å². The smallest absolute Gasteiger partial charge is 0.0619 e. The van der Waals surface area contributed by atoms with E-state index in [0.717, 1.165) is 34.1 Å². The lowest BCUT2D eigenvalue weighted by molar-refractivity contribution is -0.00276. The summed E-state index contributed by atoms with van der Waals surface area (Å²) in [7, 11) is 0. The van der Waals surface area contributed by atoms with E-state index < -0.39 is 0 Å². The normalized spacial score (nSPS) is 31.9. The fourth-order valence-electron chi connectivity index (χ4n) is 9.81. The zero-order valence-electron chi connectivity index (χ0n) is 20.4. The van der Waals surface area contributed by atoms with Gasteiger partial charge in [0.25, 0.3) is 0 Å². The second-order valence-corrected chi connectivity index (χ2v) is 13.2. The monoisotopic (exact) mass is 528 g/mol. The van der Waals surface area contributed by atoms with E-state index in [1.54, 1.807) is 5.56 Å². The van der Waals surface area contributed by atoms with Gasteiger partial charge >= 0.3 is 0 Å². The van der Waals surface area contributed by atoms with Gasteiger partial charge in [-0.15, -0.1) is 0 Å². The van der Waals surface area contributed by atoms with Crippen molar-refractivity contribution in [2.75, 3.05) is 0 Å². The Morgan fingerprint density at radius 3 is 1.81 bits per heavy atom. The Kier molecular flexibility index (Phi) is 3.98. The molecule has 176 valence electrons. The van der Waals surface area contributed by atoms with Gasteiger partial charge in [0.15, 0.2) is 0 Å². The van der Waals surface area contributed by atoms with Crippen molar-refractivity contribution < 1.29 is 0 Å². The molecule has 0 radical (unpaired) electrons. The van der Waals surface area contributed by atoms with Crippen LogP contribution in [0.15, 0.2) is 89.4 Å². The Hall–Kier alpha value is -2.64. The Balaban J connectivity index is 1.31. The molecule has 0 heterocycles. The van der Waals surface area contributed by atoms with Crippen LogP contribution >= 0.6 is 15.9 Å². The summed E-state index contributed by atoms with van der Waals surface area (Å²) >= 11 is 3.82. The highest BCUT2D eigenvalue weighted by molar-refractivity contribution is 9.10. The number of hydrogen-bond donors (Lipinski definition) is 0. The Labute approximate surface area is 221 Å². The van der Waals surface area contributed by atoms with Crippen LogP contribution in [0.3, 0.4) is 0 Å². The minimum Gasteiger partial charge on any atom is -0.0619 e. The molecule has 1 heteroatoms. The van der Waals surface area contributed by atoms with Gasteiger partial charge in [0.1, 0.15) is 0 Å². The third-order valence-corrected chi connectivity index (χ3v) is 11.2. The molecular formula is C35H29Br. The van der Waals surface area contributed by atoms with Crippen molar-refractivity contribution in [1.29, 1.82) is 0 Å². The standard InChI is InChI=1S/C35H29Br/c36-25-10-11-28-26-5-1-3-7-30(26)35(33(28)19-25)31-8-4-2-6-27(31)29-18-22(9-12-32(29)35)34-23-14-20-13-21(16-23)17-24(34)15-20/h1-12,18-21,23-24,34H,13-17H2/t20-,21+,23-,24+,34?,35?. The second kappa shape index (κ2) is 7.01. The molecule has 0 amide bonds. The van der Waals surface area contributed by atoms with Crippen LogP contribution in [0.2, 0.25) is 0 Å². The van der Waals surface area contributed by atoms with E-state index in [0.29, 0.717) is 0 Å². The maximum absolute atomic E-state index is 3.82. The predicted octanol–water partition coefficient (Wildman–Crippen LogP) is 9.33. The predicted molar refractivity (Wildman–Crippen MR) is 150 cm³/mol. The lowest BCUT2D eigenvalue weighted by Crippen LogP contribution is -2.43. The van der Waals surface area contributed by atoms with Crippen LogP contribution in [-0.2, 0) is 5.41 Å². The molecule has 4 aromatic rings. The number of rotatable bonds is 1. The highest BCUT2D eigenvalue weighted by atomic mass is 79.9. The van der Waals surface area contributed by atoms with Crippen LogP contribution in [-0.4, -0.2) is 0 Å². The second-order valence-electron chi connectivity index (χ2n) is 12.3. The fraction of sp³-hybridized carbons (Fsp3) is 0.314. The lowest BCUT2D eigenvalue weighted by atomic mass is 9.50. The highest BCUT2D eigenvalue weighted by Crippen LogP contribution is 2.64. The van der Waals surface area contributed by atoms with Crippen molar-refractivity contribution in [3.8, 4) is 22.3 Å². The highest BCUT2D eigenvalue weighted by Gasteiger charge is 2.53. The van der Waals surface area contributed by atoms with Crippen LogP contribution in [0, 0.1) is 23.7 Å². The van der Waals surface area contributed by atoms with Gasteiger partial charge in [0.05, 0.1) is 5.41 Å². The van der Waals surface area contributed by atoms with E-state index >= 15 is 0 Å². The molecule has 1 atom stereocenters. The van der Waals surface area contributed by atoms with Crippen molar-refractivity contribution in [2.24, 2.45) is 23.7 Å². The zero-order chi connectivity index (χ0) is 23.6. The van der Waals surface area contributed by atoms with E-state index in [2.05, 4.69) is 101 Å². The molecule has 0 N–H and O–H groups in total. The summed E-state index contributed by atoms with van der Waals surface area (Å²) in [6.07, 6.45) is 7.43. The molecule has 1 unspecified atom stereocenters. The Bertz CT molecular complexity index is 1550. The SMILES string of the molecule is Brc1ccc2c(c1)C1(c3ccccc3-c3cc(C4[C@H]5C[C@@H]6C[C@@H](C[C@H]4C6)C5)ccc31)c1ccccc1-2. The zero-order valence-corrected chi connectivity index (χ0v) is 22.0. The van der Waals surface area contributed by atoms with E-state index in [1.165, 1.54) is 76.6 Å². The van der Waals surface area contributed by atoms with Crippen LogP contribution in [0.5, 0.6) is 0 Å². The van der Waals surface area contributed by atoms with E-state index in [4.69, 9.17) is 0 Å². The average Bonchev–Trinajstić information content (AvgIpc) is 3.35.